The summed E-state index contributed by atoms with van der Waals surface area (Å²) in [6.07, 6.45) is 0. The van der Waals surface area contributed by atoms with Crippen LogP contribution in [-0.4, -0.2) is 14.7 Å². The van der Waals surface area contributed by atoms with Crippen LogP contribution >= 0.6 is 7.82 Å². The van der Waals surface area contributed by atoms with Crippen LogP contribution < -0.4 is 18.9 Å². The average molecular weight is 255 g/mol. The molecule has 8 heteroatoms. The molecule has 0 unspecified atom stereocenters. The summed E-state index contributed by atoms with van der Waals surface area (Å²) in [5.41, 5.74) is 0. The van der Waals surface area contributed by atoms with Crippen LogP contribution in [0.3, 0.4) is 0 Å². The molecule has 0 aromatic carbocycles. The zero-order chi connectivity index (χ0) is 4.50. The van der Waals surface area contributed by atoms with E-state index in [1.165, 1.54) is 0 Å². The first-order chi connectivity index (χ1) is 2.00. The van der Waals surface area contributed by atoms with E-state index in [4.69, 9.17) is 19.2 Å². The molecular formula is H4FeLiNbO4P. The standard InChI is InChI=1S/Fe.Li.Nb.H3O4P.H/c;;;1-5(2,3)4;/h;;;(H3,1,2,3,4);/q;+1;;;-1. The van der Waals surface area contributed by atoms with E-state index >= 15 is 0 Å². The molecule has 1 radical (unpaired) electrons. The first-order valence-electron chi connectivity index (χ1n) is 0.783. The SMILES string of the molecule is O=P(O)(O)O.[Fe].[H-].[Li+].[Nb]. The van der Waals surface area contributed by atoms with E-state index in [0.29, 0.717) is 0 Å². The number of hydrogen-bond donors (Lipinski definition) is 3. The van der Waals surface area contributed by atoms with E-state index in [9.17, 15) is 0 Å². The maximum atomic E-state index is 8.88. The Labute approximate surface area is 86.3 Å². The Bertz CT molecular complexity index is 66.7. The minimum atomic E-state index is -4.64. The molecule has 3 N–H and O–H groups in total. The Kier molecular flexibility index (Phi) is 25.2. The summed E-state index contributed by atoms with van der Waals surface area (Å²) >= 11 is 0. The van der Waals surface area contributed by atoms with E-state index in [1.54, 1.807) is 0 Å². The molecule has 0 aromatic rings. The van der Waals surface area contributed by atoms with Gasteiger partial charge in [-0.15, -0.1) is 0 Å². The van der Waals surface area contributed by atoms with Crippen molar-refractivity contribution >= 4 is 7.82 Å². The van der Waals surface area contributed by atoms with Crippen LogP contribution in [0.2, 0.25) is 0 Å². The number of phosphoric acid groups is 1. The molecule has 8 heavy (non-hydrogen) atoms. The maximum Gasteiger partial charge on any atom is 1.00 e. The van der Waals surface area contributed by atoms with Crippen LogP contribution in [0.15, 0.2) is 0 Å². The summed E-state index contributed by atoms with van der Waals surface area (Å²) in [7, 11) is -4.64. The molecule has 0 saturated heterocycles. The van der Waals surface area contributed by atoms with Gasteiger partial charge in [-0.3, -0.25) is 0 Å². The summed E-state index contributed by atoms with van der Waals surface area (Å²) in [6.45, 7) is 0. The molecule has 4 nitrogen and oxygen atoms in total. The van der Waals surface area contributed by atoms with Crippen LogP contribution in [0.25, 0.3) is 0 Å². The van der Waals surface area contributed by atoms with Crippen LogP contribution in [-0.2, 0) is 44.0 Å². The van der Waals surface area contributed by atoms with E-state index in [2.05, 4.69) is 0 Å². The van der Waals surface area contributed by atoms with Crippen molar-refractivity contribution < 1.29 is 79.0 Å². The van der Waals surface area contributed by atoms with Crippen LogP contribution in [0.4, 0.5) is 0 Å². The molecule has 0 aromatic heterocycles. The summed E-state index contributed by atoms with van der Waals surface area (Å²) in [5.74, 6) is 0. The minimum absolute atomic E-state index is 0. The molecule has 0 bridgehead atoms. The van der Waals surface area contributed by atoms with Crippen LogP contribution in [0, 0.1) is 0 Å². The Morgan fingerprint density at radius 2 is 1.25 bits per heavy atom. The first-order valence-corrected chi connectivity index (χ1v) is 2.35. The van der Waals surface area contributed by atoms with Crippen molar-refractivity contribution in [2.24, 2.45) is 0 Å². The summed E-state index contributed by atoms with van der Waals surface area (Å²) in [4.78, 5) is 21.6. The van der Waals surface area contributed by atoms with Crippen molar-refractivity contribution in [3.05, 3.63) is 0 Å². The summed E-state index contributed by atoms with van der Waals surface area (Å²) < 4.78 is 8.88. The topological polar surface area (TPSA) is 77.8 Å². The van der Waals surface area contributed by atoms with Gasteiger partial charge in [0, 0.05) is 39.4 Å². The minimum Gasteiger partial charge on any atom is -1.00 e. The second-order valence-electron chi connectivity index (χ2n) is 0.513. The van der Waals surface area contributed by atoms with Crippen molar-refractivity contribution in [1.29, 1.82) is 0 Å². The molecule has 0 aliphatic carbocycles. The monoisotopic (exact) mass is 255 g/mol. The van der Waals surface area contributed by atoms with Gasteiger partial charge in [-0.25, -0.2) is 4.57 Å². The first kappa shape index (κ1) is 22.5. The van der Waals surface area contributed by atoms with Gasteiger partial charge in [0.25, 0.3) is 0 Å². The van der Waals surface area contributed by atoms with Crippen molar-refractivity contribution in [2.45, 2.75) is 0 Å². The number of hydrogen-bond acceptors (Lipinski definition) is 1. The van der Waals surface area contributed by atoms with Gasteiger partial charge in [0.2, 0.25) is 0 Å². The van der Waals surface area contributed by atoms with E-state index in [-0.39, 0.29) is 59.7 Å². The quantitative estimate of drug-likeness (QED) is 0.306. The van der Waals surface area contributed by atoms with Gasteiger partial charge in [-0.1, -0.05) is 0 Å². The van der Waals surface area contributed by atoms with E-state index < -0.39 is 7.82 Å². The van der Waals surface area contributed by atoms with Crippen molar-refractivity contribution in [3.8, 4) is 0 Å². The third-order valence-electron chi connectivity index (χ3n) is 0. The molecule has 0 amide bonds. The zero-order valence-corrected chi connectivity index (χ0v) is 8.20. The second-order valence-corrected chi connectivity index (χ2v) is 1.54. The normalized spacial score (nSPS) is 7.38. The fraction of sp³-hybridized carbons (Fsp3) is 0. The third kappa shape index (κ3) is 99.9. The fourth-order valence-corrected chi connectivity index (χ4v) is 0. The van der Waals surface area contributed by atoms with Crippen molar-refractivity contribution in [1.82, 2.24) is 0 Å². The Morgan fingerprint density at radius 1 is 1.25 bits per heavy atom. The summed E-state index contributed by atoms with van der Waals surface area (Å²) in [6, 6.07) is 0. The van der Waals surface area contributed by atoms with Gasteiger partial charge in [0.1, 0.15) is 0 Å². The Morgan fingerprint density at radius 3 is 1.25 bits per heavy atom. The van der Waals surface area contributed by atoms with Gasteiger partial charge >= 0.3 is 26.7 Å². The molecular weight excluding hydrogens is 251 g/mol. The number of rotatable bonds is 0. The average Bonchev–Trinajstić information content (AvgIpc) is 0.722. The predicted octanol–water partition coefficient (Wildman–Crippen LogP) is -3.82. The second kappa shape index (κ2) is 8.97. The smallest absolute Gasteiger partial charge is 1.00 e. The van der Waals surface area contributed by atoms with Gasteiger partial charge in [-0.05, 0) is 0 Å². The van der Waals surface area contributed by atoms with E-state index in [1.807, 2.05) is 0 Å². The van der Waals surface area contributed by atoms with Crippen LogP contribution in [0.1, 0.15) is 1.43 Å². The molecule has 0 spiro atoms. The van der Waals surface area contributed by atoms with Crippen molar-refractivity contribution in [2.75, 3.05) is 0 Å². The van der Waals surface area contributed by atoms with Gasteiger partial charge in [0.05, 0.1) is 0 Å². The van der Waals surface area contributed by atoms with Gasteiger partial charge in [-0.2, -0.15) is 0 Å². The fourth-order valence-electron chi connectivity index (χ4n) is 0. The maximum absolute atomic E-state index is 8.88. The molecule has 0 fully saturated rings. The molecule has 0 atom stereocenters. The molecule has 0 aliphatic rings. The summed E-state index contributed by atoms with van der Waals surface area (Å²) in [5, 5.41) is 0. The molecule has 47 valence electrons. The van der Waals surface area contributed by atoms with E-state index in [0.717, 1.165) is 0 Å². The van der Waals surface area contributed by atoms with Gasteiger partial charge < -0.3 is 16.1 Å². The predicted molar refractivity (Wildman–Crippen MR) is 15.4 cm³/mol. The largest absolute Gasteiger partial charge is 1.00 e. The van der Waals surface area contributed by atoms with Gasteiger partial charge in [0.15, 0.2) is 0 Å². The Hall–Kier alpha value is 1.97. The van der Waals surface area contributed by atoms with Crippen LogP contribution in [0.5, 0.6) is 0 Å². The molecule has 0 rings (SSSR count). The Balaban J connectivity index is -0.0000000133. The molecule has 0 heterocycles. The van der Waals surface area contributed by atoms with Crippen molar-refractivity contribution in [3.63, 3.8) is 0 Å². The molecule has 0 saturated carbocycles. The molecule has 0 aliphatic heterocycles. The third-order valence-corrected chi connectivity index (χ3v) is 0. The zero-order valence-electron chi connectivity index (χ0n) is 5.00.